The van der Waals surface area contributed by atoms with E-state index in [2.05, 4.69) is 22.2 Å². The second-order valence-corrected chi connectivity index (χ2v) is 7.89. The molecular weight excluding hydrogens is 304 g/mol. The van der Waals surface area contributed by atoms with E-state index in [1.54, 1.807) is 0 Å². The highest BCUT2D eigenvalue weighted by molar-refractivity contribution is 5.74. The first kappa shape index (κ1) is 18.0. The summed E-state index contributed by atoms with van der Waals surface area (Å²) in [7, 11) is 2.19. The fourth-order valence-electron chi connectivity index (χ4n) is 4.28. The molecular formula is C18H34N4O2. The van der Waals surface area contributed by atoms with Crippen molar-refractivity contribution in [3.63, 3.8) is 0 Å². The maximum absolute atomic E-state index is 12.7. The molecule has 1 unspecified atom stereocenters. The third-order valence-corrected chi connectivity index (χ3v) is 6.01. The lowest BCUT2D eigenvalue weighted by Gasteiger charge is -2.39. The Hall–Kier alpha value is -0.850. The van der Waals surface area contributed by atoms with Gasteiger partial charge in [0, 0.05) is 51.4 Å². The van der Waals surface area contributed by atoms with Crippen LogP contribution in [0.3, 0.4) is 0 Å². The summed E-state index contributed by atoms with van der Waals surface area (Å²) in [5, 5.41) is 12.8. The first-order valence-electron chi connectivity index (χ1n) is 9.78. The second kappa shape index (κ2) is 8.50. The summed E-state index contributed by atoms with van der Waals surface area (Å²) in [5.41, 5.74) is 0. The minimum absolute atomic E-state index is 0.109. The fraction of sp³-hybridized carbons (Fsp3) is 0.944. The molecule has 3 rings (SSSR count). The number of hydrogen-bond donors (Lipinski definition) is 2. The molecule has 0 aromatic rings. The molecule has 2 heterocycles. The Morgan fingerprint density at radius 3 is 2.38 bits per heavy atom. The Morgan fingerprint density at radius 1 is 0.958 bits per heavy atom. The number of aliphatic hydroxyl groups excluding tert-OH is 1. The number of nitrogens with one attached hydrogen (secondary N) is 1. The van der Waals surface area contributed by atoms with Gasteiger partial charge in [-0.3, -0.25) is 4.90 Å². The monoisotopic (exact) mass is 338 g/mol. The van der Waals surface area contributed by atoms with E-state index < -0.39 is 0 Å². The molecule has 0 radical (unpaired) electrons. The standard InChI is InChI=1S/C18H34N4O2/c1-20-10-12-21(13-11-20)16-4-2-3-9-22(14-16)18(24)19-15-5-7-17(23)8-6-15/h15-17,23H,2-14H2,1H3,(H,19,24). The number of piperazine rings is 1. The number of amides is 2. The highest BCUT2D eigenvalue weighted by Gasteiger charge is 2.29. The number of urea groups is 1. The van der Waals surface area contributed by atoms with Crippen LogP contribution in [0.2, 0.25) is 0 Å². The Bertz CT molecular complexity index is 404. The summed E-state index contributed by atoms with van der Waals surface area (Å²) < 4.78 is 0. The zero-order valence-corrected chi connectivity index (χ0v) is 15.1. The molecule has 0 aromatic carbocycles. The molecule has 2 aliphatic heterocycles. The van der Waals surface area contributed by atoms with Gasteiger partial charge in [-0.1, -0.05) is 6.42 Å². The van der Waals surface area contributed by atoms with Crippen molar-refractivity contribution in [2.45, 2.75) is 63.1 Å². The molecule has 2 saturated heterocycles. The third kappa shape index (κ3) is 4.83. The summed E-state index contributed by atoms with van der Waals surface area (Å²) in [6.45, 7) is 6.25. The predicted molar refractivity (Wildman–Crippen MR) is 95.1 cm³/mol. The molecule has 0 bridgehead atoms. The maximum Gasteiger partial charge on any atom is 0.317 e. The minimum atomic E-state index is -0.169. The van der Waals surface area contributed by atoms with Crippen LogP contribution in [0.4, 0.5) is 4.79 Å². The molecule has 0 spiro atoms. The van der Waals surface area contributed by atoms with Crippen molar-refractivity contribution in [3.05, 3.63) is 0 Å². The van der Waals surface area contributed by atoms with Crippen LogP contribution in [0.5, 0.6) is 0 Å². The van der Waals surface area contributed by atoms with E-state index in [0.29, 0.717) is 6.04 Å². The molecule has 3 aliphatic rings. The van der Waals surface area contributed by atoms with E-state index in [4.69, 9.17) is 0 Å². The van der Waals surface area contributed by atoms with Crippen molar-refractivity contribution >= 4 is 6.03 Å². The van der Waals surface area contributed by atoms with Gasteiger partial charge < -0.3 is 20.2 Å². The molecule has 24 heavy (non-hydrogen) atoms. The molecule has 0 aromatic heterocycles. The van der Waals surface area contributed by atoms with Gasteiger partial charge in [0.2, 0.25) is 0 Å². The van der Waals surface area contributed by atoms with Crippen molar-refractivity contribution in [2.24, 2.45) is 0 Å². The highest BCUT2D eigenvalue weighted by atomic mass is 16.3. The van der Waals surface area contributed by atoms with Gasteiger partial charge in [0.1, 0.15) is 0 Å². The van der Waals surface area contributed by atoms with Gasteiger partial charge in [-0.05, 0) is 45.6 Å². The first-order chi connectivity index (χ1) is 11.6. The number of carbonyl (C=O) groups is 1. The van der Waals surface area contributed by atoms with Crippen molar-refractivity contribution < 1.29 is 9.90 Å². The van der Waals surface area contributed by atoms with Crippen molar-refractivity contribution in [2.75, 3.05) is 46.3 Å². The van der Waals surface area contributed by atoms with Crippen molar-refractivity contribution in [3.8, 4) is 0 Å². The van der Waals surface area contributed by atoms with Gasteiger partial charge >= 0.3 is 6.03 Å². The second-order valence-electron chi connectivity index (χ2n) is 7.89. The Morgan fingerprint density at radius 2 is 1.67 bits per heavy atom. The molecule has 3 fully saturated rings. The lowest BCUT2D eigenvalue weighted by molar-refractivity contribution is 0.0910. The van der Waals surface area contributed by atoms with E-state index in [0.717, 1.165) is 71.4 Å². The van der Waals surface area contributed by atoms with E-state index in [1.807, 2.05) is 4.90 Å². The predicted octanol–water partition coefficient (Wildman–Crippen LogP) is 1.10. The topological polar surface area (TPSA) is 59.0 Å². The van der Waals surface area contributed by atoms with Crippen LogP contribution in [0.25, 0.3) is 0 Å². The van der Waals surface area contributed by atoms with E-state index >= 15 is 0 Å². The van der Waals surface area contributed by atoms with Crippen LogP contribution in [-0.4, -0.2) is 90.3 Å². The Balaban J connectivity index is 1.51. The maximum atomic E-state index is 12.7. The SMILES string of the molecule is CN1CCN(C2CCCCN(C(=O)NC3CCC(O)CC3)C2)CC1. The van der Waals surface area contributed by atoms with Crippen LogP contribution in [-0.2, 0) is 0 Å². The summed E-state index contributed by atoms with van der Waals surface area (Å²) >= 11 is 0. The van der Waals surface area contributed by atoms with Gasteiger partial charge in [0.05, 0.1) is 6.10 Å². The first-order valence-corrected chi connectivity index (χ1v) is 9.78. The lowest BCUT2D eigenvalue weighted by atomic mass is 9.93. The normalized spacial score (nSPS) is 33.9. The fourth-order valence-corrected chi connectivity index (χ4v) is 4.28. The van der Waals surface area contributed by atoms with Crippen LogP contribution in [0.15, 0.2) is 0 Å². The highest BCUT2D eigenvalue weighted by Crippen LogP contribution is 2.20. The molecule has 2 amide bonds. The number of nitrogens with zero attached hydrogens (tertiary/aromatic N) is 3. The summed E-state index contributed by atoms with van der Waals surface area (Å²) in [4.78, 5) is 19.7. The number of likely N-dealkylation sites (tertiary alicyclic amines) is 1. The Labute approximate surface area is 146 Å². The molecule has 6 nitrogen and oxygen atoms in total. The van der Waals surface area contributed by atoms with Gasteiger partial charge in [-0.2, -0.15) is 0 Å². The molecule has 1 atom stereocenters. The minimum Gasteiger partial charge on any atom is -0.393 e. The molecule has 1 saturated carbocycles. The van der Waals surface area contributed by atoms with Gasteiger partial charge in [-0.15, -0.1) is 0 Å². The molecule has 2 N–H and O–H groups in total. The molecule has 138 valence electrons. The van der Waals surface area contributed by atoms with Crippen molar-refractivity contribution in [1.29, 1.82) is 0 Å². The smallest absolute Gasteiger partial charge is 0.317 e. The number of carbonyl (C=O) groups excluding carboxylic acids is 1. The van der Waals surface area contributed by atoms with E-state index in [-0.39, 0.29) is 18.2 Å². The zero-order valence-electron chi connectivity index (χ0n) is 15.1. The van der Waals surface area contributed by atoms with Crippen LogP contribution < -0.4 is 5.32 Å². The summed E-state index contributed by atoms with van der Waals surface area (Å²) in [6.07, 6.45) is 6.81. The average molecular weight is 338 g/mol. The number of hydrogen-bond acceptors (Lipinski definition) is 4. The Kier molecular flexibility index (Phi) is 6.36. The van der Waals surface area contributed by atoms with Crippen LogP contribution >= 0.6 is 0 Å². The number of rotatable bonds is 2. The summed E-state index contributed by atoms with van der Waals surface area (Å²) in [5.74, 6) is 0. The largest absolute Gasteiger partial charge is 0.393 e. The van der Waals surface area contributed by atoms with Crippen LogP contribution in [0, 0.1) is 0 Å². The third-order valence-electron chi connectivity index (χ3n) is 6.01. The quantitative estimate of drug-likeness (QED) is 0.792. The lowest BCUT2D eigenvalue weighted by Crippen LogP contribution is -2.54. The van der Waals surface area contributed by atoms with Crippen molar-refractivity contribution in [1.82, 2.24) is 20.0 Å². The molecule has 1 aliphatic carbocycles. The van der Waals surface area contributed by atoms with Crippen LogP contribution in [0.1, 0.15) is 44.9 Å². The number of aliphatic hydroxyl groups is 1. The molecule has 6 heteroatoms. The zero-order chi connectivity index (χ0) is 16.9. The average Bonchev–Trinajstić information content (AvgIpc) is 2.84. The van der Waals surface area contributed by atoms with E-state index in [9.17, 15) is 9.90 Å². The summed E-state index contributed by atoms with van der Waals surface area (Å²) in [6, 6.07) is 0.865. The van der Waals surface area contributed by atoms with E-state index in [1.165, 1.54) is 12.8 Å². The van der Waals surface area contributed by atoms with Gasteiger partial charge in [0.15, 0.2) is 0 Å². The van der Waals surface area contributed by atoms with Gasteiger partial charge in [-0.25, -0.2) is 4.79 Å². The van der Waals surface area contributed by atoms with Gasteiger partial charge in [0.25, 0.3) is 0 Å². The number of likely N-dealkylation sites (N-methyl/N-ethyl adjacent to an activating group) is 1.